The van der Waals surface area contributed by atoms with Crippen LogP contribution in [-0.2, 0) is 16.5 Å². The molecule has 2 rings (SSSR count). The molecular formula is C14H13ClO3S. The van der Waals surface area contributed by atoms with Crippen molar-refractivity contribution in [2.24, 2.45) is 0 Å². The summed E-state index contributed by atoms with van der Waals surface area (Å²) in [7, 11) is -4.20. The van der Waals surface area contributed by atoms with Gasteiger partial charge in [-0.3, -0.25) is 4.55 Å². The molecule has 5 heteroatoms. The van der Waals surface area contributed by atoms with Gasteiger partial charge in [-0.2, -0.15) is 8.42 Å². The average molecular weight is 297 g/mol. The van der Waals surface area contributed by atoms with Crippen LogP contribution in [0, 0.1) is 6.92 Å². The number of hydrogen-bond acceptors (Lipinski definition) is 2. The van der Waals surface area contributed by atoms with Crippen LogP contribution in [0.4, 0.5) is 0 Å². The average Bonchev–Trinajstić information content (AvgIpc) is 2.30. The van der Waals surface area contributed by atoms with E-state index in [4.69, 9.17) is 11.6 Å². The summed E-state index contributed by atoms with van der Waals surface area (Å²) in [6.07, 6.45) is 0.425. The van der Waals surface area contributed by atoms with Gasteiger partial charge in [0.25, 0.3) is 10.1 Å². The van der Waals surface area contributed by atoms with Gasteiger partial charge >= 0.3 is 0 Å². The normalized spacial score (nSPS) is 11.5. The number of hydrogen-bond donors (Lipinski definition) is 1. The molecule has 19 heavy (non-hydrogen) atoms. The van der Waals surface area contributed by atoms with Gasteiger partial charge in [0, 0.05) is 5.02 Å². The second-order valence-electron chi connectivity index (χ2n) is 4.39. The molecule has 3 nitrogen and oxygen atoms in total. The van der Waals surface area contributed by atoms with Crippen LogP contribution in [-0.4, -0.2) is 13.0 Å². The van der Waals surface area contributed by atoms with E-state index in [1.54, 1.807) is 24.3 Å². The number of aryl methyl sites for hydroxylation is 1. The first-order valence-corrected chi connectivity index (χ1v) is 7.49. The summed E-state index contributed by atoms with van der Waals surface area (Å²) < 4.78 is 31.9. The lowest BCUT2D eigenvalue weighted by Crippen LogP contribution is -2.04. The fraction of sp³-hybridized carbons (Fsp3) is 0.143. The van der Waals surface area contributed by atoms with E-state index in [-0.39, 0.29) is 4.90 Å². The maximum Gasteiger partial charge on any atom is 0.294 e. The van der Waals surface area contributed by atoms with Crippen molar-refractivity contribution in [3.63, 3.8) is 0 Å². The summed E-state index contributed by atoms with van der Waals surface area (Å²) in [5.41, 5.74) is 2.45. The molecule has 0 atom stereocenters. The minimum Gasteiger partial charge on any atom is -0.282 e. The molecule has 0 spiro atoms. The molecule has 0 amide bonds. The molecule has 0 bridgehead atoms. The summed E-state index contributed by atoms with van der Waals surface area (Å²) >= 11 is 5.81. The van der Waals surface area contributed by atoms with Crippen molar-refractivity contribution in [3.8, 4) is 0 Å². The smallest absolute Gasteiger partial charge is 0.282 e. The summed E-state index contributed by atoms with van der Waals surface area (Å²) in [5.74, 6) is 0. The SMILES string of the molecule is Cc1ccc(S(=O)(=O)O)c(Cc2ccc(Cl)cc2)c1. The van der Waals surface area contributed by atoms with Crippen LogP contribution < -0.4 is 0 Å². The molecule has 0 saturated carbocycles. The van der Waals surface area contributed by atoms with Crippen molar-refractivity contribution >= 4 is 21.7 Å². The van der Waals surface area contributed by atoms with Gasteiger partial charge in [0.05, 0.1) is 4.90 Å². The quantitative estimate of drug-likeness (QED) is 0.882. The van der Waals surface area contributed by atoms with Crippen LogP contribution in [0.25, 0.3) is 0 Å². The predicted octanol–water partition coefficient (Wildman–Crippen LogP) is 3.49. The standard InChI is InChI=1S/C14H13ClO3S/c1-10-2-7-14(19(16,17)18)12(8-10)9-11-3-5-13(15)6-4-11/h2-8H,9H2,1H3,(H,16,17,18). The van der Waals surface area contributed by atoms with Crippen molar-refractivity contribution in [1.29, 1.82) is 0 Å². The zero-order chi connectivity index (χ0) is 14.0. The van der Waals surface area contributed by atoms with E-state index in [1.807, 2.05) is 19.1 Å². The van der Waals surface area contributed by atoms with Gasteiger partial charge in [-0.05, 0) is 42.7 Å². The molecule has 0 aliphatic heterocycles. The molecule has 0 radical (unpaired) electrons. The Labute approximate surface area is 117 Å². The van der Waals surface area contributed by atoms with Crippen molar-refractivity contribution in [2.45, 2.75) is 18.2 Å². The van der Waals surface area contributed by atoms with Crippen molar-refractivity contribution in [3.05, 3.63) is 64.2 Å². The summed E-state index contributed by atoms with van der Waals surface area (Å²) in [5, 5.41) is 0.628. The Balaban J connectivity index is 2.44. The highest BCUT2D eigenvalue weighted by molar-refractivity contribution is 7.85. The fourth-order valence-corrected chi connectivity index (χ4v) is 2.75. The molecule has 2 aromatic rings. The highest BCUT2D eigenvalue weighted by Gasteiger charge is 2.15. The predicted molar refractivity (Wildman–Crippen MR) is 75.3 cm³/mol. The number of halogens is 1. The molecule has 0 unspecified atom stereocenters. The van der Waals surface area contributed by atoms with E-state index in [2.05, 4.69) is 0 Å². The van der Waals surface area contributed by atoms with Crippen LogP contribution in [0.3, 0.4) is 0 Å². The van der Waals surface area contributed by atoms with Gasteiger partial charge in [-0.15, -0.1) is 0 Å². The Morgan fingerprint density at radius 3 is 2.32 bits per heavy atom. The monoisotopic (exact) mass is 296 g/mol. The largest absolute Gasteiger partial charge is 0.294 e. The van der Waals surface area contributed by atoms with E-state index in [0.717, 1.165) is 11.1 Å². The van der Waals surface area contributed by atoms with Crippen molar-refractivity contribution in [2.75, 3.05) is 0 Å². The molecule has 100 valence electrons. The molecule has 0 heterocycles. The van der Waals surface area contributed by atoms with E-state index < -0.39 is 10.1 Å². The van der Waals surface area contributed by atoms with Gasteiger partial charge in [-0.1, -0.05) is 41.4 Å². The van der Waals surface area contributed by atoms with Crippen LogP contribution >= 0.6 is 11.6 Å². The lowest BCUT2D eigenvalue weighted by atomic mass is 10.0. The van der Waals surface area contributed by atoms with Crippen LogP contribution in [0.2, 0.25) is 5.02 Å². The number of rotatable bonds is 3. The summed E-state index contributed by atoms with van der Waals surface area (Å²) in [6.45, 7) is 1.87. The van der Waals surface area contributed by atoms with Gasteiger partial charge in [0.15, 0.2) is 0 Å². The maximum absolute atomic E-state index is 11.3. The Morgan fingerprint density at radius 2 is 1.74 bits per heavy atom. The molecule has 2 aromatic carbocycles. The highest BCUT2D eigenvalue weighted by Crippen LogP contribution is 2.21. The summed E-state index contributed by atoms with van der Waals surface area (Å²) in [4.78, 5) is -0.0481. The third kappa shape index (κ3) is 3.56. The first-order chi connectivity index (χ1) is 8.86. The maximum atomic E-state index is 11.3. The fourth-order valence-electron chi connectivity index (χ4n) is 1.92. The van der Waals surface area contributed by atoms with Gasteiger partial charge in [-0.25, -0.2) is 0 Å². The lowest BCUT2D eigenvalue weighted by molar-refractivity contribution is 0.482. The van der Waals surface area contributed by atoms with Crippen molar-refractivity contribution in [1.82, 2.24) is 0 Å². The number of benzene rings is 2. The molecule has 0 aliphatic carbocycles. The molecule has 0 aliphatic rings. The minimum absolute atomic E-state index is 0.0481. The first kappa shape index (κ1) is 14.1. The Hall–Kier alpha value is -1.36. The van der Waals surface area contributed by atoms with Gasteiger partial charge in [0.1, 0.15) is 0 Å². The van der Waals surface area contributed by atoms with Crippen LogP contribution in [0.5, 0.6) is 0 Å². The van der Waals surface area contributed by atoms with E-state index in [1.165, 1.54) is 6.07 Å². The molecule has 0 aromatic heterocycles. The molecule has 1 N–H and O–H groups in total. The Kier molecular flexibility index (Phi) is 3.94. The molecule has 0 saturated heterocycles. The first-order valence-electron chi connectivity index (χ1n) is 5.68. The van der Waals surface area contributed by atoms with Crippen LogP contribution in [0.1, 0.15) is 16.7 Å². The zero-order valence-corrected chi connectivity index (χ0v) is 11.9. The second-order valence-corrected chi connectivity index (χ2v) is 6.22. The topological polar surface area (TPSA) is 54.4 Å². The Morgan fingerprint density at radius 1 is 1.11 bits per heavy atom. The Bertz CT molecular complexity index is 691. The zero-order valence-electron chi connectivity index (χ0n) is 10.3. The van der Waals surface area contributed by atoms with Crippen molar-refractivity contribution < 1.29 is 13.0 Å². The molecular weight excluding hydrogens is 284 g/mol. The molecule has 0 fully saturated rings. The van der Waals surface area contributed by atoms with Crippen LogP contribution in [0.15, 0.2) is 47.4 Å². The van der Waals surface area contributed by atoms with E-state index >= 15 is 0 Å². The van der Waals surface area contributed by atoms with E-state index in [9.17, 15) is 13.0 Å². The lowest BCUT2D eigenvalue weighted by Gasteiger charge is -2.08. The second kappa shape index (κ2) is 5.33. The highest BCUT2D eigenvalue weighted by atomic mass is 35.5. The third-order valence-electron chi connectivity index (χ3n) is 2.80. The van der Waals surface area contributed by atoms with E-state index in [0.29, 0.717) is 17.0 Å². The minimum atomic E-state index is -4.20. The summed E-state index contributed by atoms with van der Waals surface area (Å²) in [6, 6.07) is 12.0. The third-order valence-corrected chi connectivity index (χ3v) is 4.01. The van der Waals surface area contributed by atoms with Gasteiger partial charge in [0.2, 0.25) is 0 Å². The van der Waals surface area contributed by atoms with Gasteiger partial charge < -0.3 is 0 Å².